The van der Waals surface area contributed by atoms with E-state index in [2.05, 4.69) is 26.1 Å². The summed E-state index contributed by atoms with van der Waals surface area (Å²) in [7, 11) is 0. The van der Waals surface area contributed by atoms with Crippen LogP contribution in [-0.2, 0) is 14.3 Å². The lowest BCUT2D eigenvalue weighted by Gasteiger charge is -2.24. The van der Waals surface area contributed by atoms with Gasteiger partial charge in [-0.2, -0.15) is 0 Å². The number of carbonyl (C=O) groups is 2. The highest BCUT2D eigenvalue weighted by Crippen LogP contribution is 2.19. The number of aliphatic hydroxyl groups is 2. The van der Waals surface area contributed by atoms with Gasteiger partial charge in [0.2, 0.25) is 5.91 Å². The number of nitrogens with one attached hydrogen (secondary N) is 1. The first kappa shape index (κ1) is 59.9. The Hall–Kier alpha value is -1.14. The number of amides is 1. The number of unbranched alkanes of at least 4 members (excludes halogenated alkanes) is 39. The summed E-state index contributed by atoms with van der Waals surface area (Å²) in [6, 6.07) is -0.692. The topological polar surface area (TPSA) is 95.9 Å². The zero-order chi connectivity index (χ0) is 44.5. The van der Waals surface area contributed by atoms with E-state index in [0.717, 1.165) is 38.5 Å². The van der Waals surface area contributed by atoms with E-state index in [9.17, 15) is 19.8 Å². The Morgan fingerprint density at radius 3 is 1.00 bits per heavy atom. The summed E-state index contributed by atoms with van der Waals surface area (Å²) in [5.41, 5.74) is 0. The van der Waals surface area contributed by atoms with Gasteiger partial charge in [-0.3, -0.25) is 9.59 Å². The lowest BCUT2D eigenvalue weighted by atomic mass is 10.0. The monoisotopic (exact) mass is 864 g/mol. The molecule has 0 rings (SSSR count). The van der Waals surface area contributed by atoms with Crippen LogP contribution in [0.2, 0.25) is 0 Å². The molecular weight excluding hydrogens is 755 g/mol. The van der Waals surface area contributed by atoms with Crippen LogP contribution in [-0.4, -0.2) is 46.9 Å². The lowest BCUT2D eigenvalue weighted by molar-refractivity contribution is -0.151. The fourth-order valence-electron chi connectivity index (χ4n) is 8.96. The van der Waals surface area contributed by atoms with Crippen LogP contribution in [0.15, 0.2) is 0 Å². The van der Waals surface area contributed by atoms with Crippen molar-refractivity contribution in [1.29, 1.82) is 0 Å². The van der Waals surface area contributed by atoms with Gasteiger partial charge in [0.1, 0.15) is 6.10 Å². The minimum absolute atomic E-state index is 0.0879. The molecule has 0 saturated heterocycles. The van der Waals surface area contributed by atoms with Crippen LogP contribution in [0.3, 0.4) is 0 Å². The van der Waals surface area contributed by atoms with Gasteiger partial charge in [-0.15, -0.1) is 0 Å². The molecule has 1 amide bonds. The smallest absolute Gasteiger partial charge is 0.306 e. The lowest BCUT2D eigenvalue weighted by Crippen LogP contribution is -2.46. The molecule has 0 aliphatic heterocycles. The molecule has 0 aromatic rings. The molecule has 0 aromatic heterocycles. The third-order valence-corrected chi connectivity index (χ3v) is 13.2. The van der Waals surface area contributed by atoms with Crippen LogP contribution >= 0.6 is 0 Å². The number of carbonyl (C=O) groups excluding carboxylic acids is 2. The Labute approximate surface area is 381 Å². The summed E-state index contributed by atoms with van der Waals surface area (Å²) in [6.07, 6.45) is 54.5. The molecule has 0 aliphatic rings. The molecule has 3 unspecified atom stereocenters. The second-order valence-corrected chi connectivity index (χ2v) is 19.4. The normalized spacial score (nSPS) is 13.1. The minimum atomic E-state index is -0.779. The highest BCUT2D eigenvalue weighted by Gasteiger charge is 2.24. The number of hydrogen-bond acceptors (Lipinski definition) is 5. The quantitative estimate of drug-likeness (QED) is 0.0418. The van der Waals surface area contributed by atoms with Crippen LogP contribution in [0.4, 0.5) is 0 Å². The van der Waals surface area contributed by atoms with Gasteiger partial charge < -0.3 is 20.3 Å². The molecule has 3 atom stereocenters. The van der Waals surface area contributed by atoms with Gasteiger partial charge in [0.15, 0.2) is 0 Å². The van der Waals surface area contributed by atoms with Crippen molar-refractivity contribution >= 4 is 11.9 Å². The van der Waals surface area contributed by atoms with Crippen molar-refractivity contribution < 1.29 is 24.5 Å². The largest absolute Gasteiger partial charge is 0.462 e. The van der Waals surface area contributed by atoms with Gasteiger partial charge in [0.05, 0.1) is 25.2 Å². The van der Waals surface area contributed by atoms with E-state index in [0.29, 0.717) is 19.3 Å². The standard InChI is InChI=1S/C55H109NO5/c1-4-7-10-13-16-19-22-24-26-27-28-29-32-35-38-41-44-47-53(58)52(50-57)56-54(59)49-51(46-43-40-37-34-31-21-18-15-12-9-6-3)61-55(60)48-45-42-39-36-33-30-25-23-20-17-14-11-8-5-2/h51-53,57-58H,4-50H2,1-3H3,(H,56,59). The fraction of sp³-hybridized carbons (Fsp3) is 0.964. The number of esters is 1. The Morgan fingerprint density at radius 1 is 0.410 bits per heavy atom. The van der Waals surface area contributed by atoms with Crippen molar-refractivity contribution in [2.45, 2.75) is 334 Å². The molecule has 0 heterocycles. The molecule has 6 nitrogen and oxygen atoms in total. The number of aliphatic hydroxyl groups excluding tert-OH is 2. The van der Waals surface area contributed by atoms with Crippen molar-refractivity contribution in [2.75, 3.05) is 6.61 Å². The predicted molar refractivity (Wildman–Crippen MR) is 264 cm³/mol. The second-order valence-electron chi connectivity index (χ2n) is 19.4. The Balaban J connectivity index is 4.41. The summed E-state index contributed by atoms with van der Waals surface area (Å²) in [4.78, 5) is 26.2. The molecule has 364 valence electrons. The van der Waals surface area contributed by atoms with Gasteiger partial charge in [-0.05, 0) is 25.7 Å². The maximum Gasteiger partial charge on any atom is 0.306 e. The Morgan fingerprint density at radius 2 is 0.689 bits per heavy atom. The summed E-state index contributed by atoms with van der Waals surface area (Å²) in [5.74, 6) is -0.449. The summed E-state index contributed by atoms with van der Waals surface area (Å²) in [5, 5.41) is 23.8. The van der Waals surface area contributed by atoms with E-state index < -0.39 is 18.2 Å². The van der Waals surface area contributed by atoms with Crippen LogP contribution in [0.1, 0.15) is 316 Å². The average molecular weight is 864 g/mol. The van der Waals surface area contributed by atoms with Crippen LogP contribution < -0.4 is 5.32 Å². The van der Waals surface area contributed by atoms with E-state index in [-0.39, 0.29) is 24.9 Å². The number of hydrogen-bond donors (Lipinski definition) is 3. The van der Waals surface area contributed by atoms with Gasteiger partial charge in [-0.1, -0.05) is 278 Å². The molecule has 61 heavy (non-hydrogen) atoms. The minimum Gasteiger partial charge on any atom is -0.462 e. The zero-order valence-corrected chi connectivity index (χ0v) is 41.6. The molecule has 3 N–H and O–H groups in total. The average Bonchev–Trinajstić information content (AvgIpc) is 3.25. The van der Waals surface area contributed by atoms with Gasteiger partial charge in [0, 0.05) is 6.42 Å². The van der Waals surface area contributed by atoms with E-state index in [4.69, 9.17) is 4.74 Å². The highest BCUT2D eigenvalue weighted by atomic mass is 16.5. The molecule has 0 radical (unpaired) electrons. The van der Waals surface area contributed by atoms with Crippen LogP contribution in [0.25, 0.3) is 0 Å². The second kappa shape index (κ2) is 49.9. The first-order chi connectivity index (χ1) is 30.0. The highest BCUT2D eigenvalue weighted by molar-refractivity contribution is 5.77. The molecule has 0 spiro atoms. The first-order valence-electron chi connectivity index (χ1n) is 27.8. The van der Waals surface area contributed by atoms with Crippen molar-refractivity contribution in [3.63, 3.8) is 0 Å². The van der Waals surface area contributed by atoms with Crippen molar-refractivity contribution in [3.05, 3.63) is 0 Å². The van der Waals surface area contributed by atoms with E-state index >= 15 is 0 Å². The maximum atomic E-state index is 13.2. The predicted octanol–water partition coefficient (Wildman–Crippen LogP) is 16.7. The molecule has 0 aliphatic carbocycles. The van der Waals surface area contributed by atoms with Gasteiger partial charge in [-0.25, -0.2) is 0 Å². The van der Waals surface area contributed by atoms with Crippen LogP contribution in [0, 0.1) is 0 Å². The number of ether oxygens (including phenoxy) is 1. The summed E-state index contributed by atoms with van der Waals surface area (Å²) >= 11 is 0. The van der Waals surface area contributed by atoms with Gasteiger partial charge >= 0.3 is 5.97 Å². The molecule has 0 aromatic carbocycles. The van der Waals surface area contributed by atoms with E-state index in [1.165, 1.54) is 231 Å². The third-order valence-electron chi connectivity index (χ3n) is 13.2. The Kier molecular flexibility index (Phi) is 48.9. The third kappa shape index (κ3) is 45.2. The first-order valence-corrected chi connectivity index (χ1v) is 27.8. The Bertz CT molecular complexity index is 882. The maximum absolute atomic E-state index is 13.2. The molecular formula is C55H109NO5. The SMILES string of the molecule is CCCCCCCCCCCCCCCCCCCC(O)C(CO)NC(=O)CC(CCCCCCCCCCCCC)OC(=O)CCCCCCCCCCCCCCCC. The van der Waals surface area contributed by atoms with Crippen molar-refractivity contribution in [2.24, 2.45) is 0 Å². The molecule has 0 fully saturated rings. The molecule has 6 heteroatoms. The van der Waals surface area contributed by atoms with Gasteiger partial charge in [0.25, 0.3) is 0 Å². The van der Waals surface area contributed by atoms with Crippen LogP contribution in [0.5, 0.6) is 0 Å². The zero-order valence-electron chi connectivity index (χ0n) is 41.6. The van der Waals surface area contributed by atoms with E-state index in [1.54, 1.807) is 0 Å². The fourth-order valence-corrected chi connectivity index (χ4v) is 8.96. The summed E-state index contributed by atoms with van der Waals surface area (Å²) < 4.78 is 5.94. The van der Waals surface area contributed by atoms with Crippen molar-refractivity contribution in [1.82, 2.24) is 5.32 Å². The van der Waals surface area contributed by atoms with Crippen molar-refractivity contribution in [3.8, 4) is 0 Å². The molecule has 0 bridgehead atoms. The summed E-state index contributed by atoms with van der Waals surface area (Å²) in [6.45, 7) is 6.52. The van der Waals surface area contributed by atoms with E-state index in [1.807, 2.05) is 0 Å². The number of rotatable bonds is 51. The molecule has 0 saturated carbocycles.